The fourth-order valence-corrected chi connectivity index (χ4v) is 0.917. The molecule has 10 heavy (non-hydrogen) atoms. The first-order valence-electron chi connectivity index (χ1n) is 3.64. The van der Waals surface area contributed by atoms with Crippen LogP contribution in [0.15, 0.2) is 4.99 Å². The first kappa shape index (κ1) is 7.51. The Morgan fingerprint density at radius 1 is 1.60 bits per heavy atom. The topological polar surface area (TPSA) is 24.4 Å². The van der Waals surface area contributed by atoms with E-state index in [4.69, 9.17) is 0 Å². The van der Waals surface area contributed by atoms with Gasteiger partial charge < -0.3 is 5.32 Å². The fraction of sp³-hybridized carbons (Fsp3) is 0.857. The standard InChI is InChI=1S/C7H13FN2/c1-5(2)6(8)7-9-3-4-10-7/h5-6H,3-4H2,1-2H3,(H,9,10). The van der Waals surface area contributed by atoms with Crippen molar-refractivity contribution in [3.05, 3.63) is 0 Å². The minimum absolute atomic E-state index is 0.0318. The first-order chi connectivity index (χ1) is 4.72. The monoisotopic (exact) mass is 144 g/mol. The third-order valence-corrected chi connectivity index (χ3v) is 1.55. The molecule has 0 aromatic carbocycles. The fourth-order valence-electron chi connectivity index (χ4n) is 0.917. The van der Waals surface area contributed by atoms with Crippen molar-refractivity contribution in [3.63, 3.8) is 0 Å². The Morgan fingerprint density at radius 3 is 2.70 bits per heavy atom. The predicted molar refractivity (Wildman–Crippen MR) is 40.0 cm³/mol. The van der Waals surface area contributed by atoms with Crippen LogP contribution in [0.3, 0.4) is 0 Å². The highest BCUT2D eigenvalue weighted by Gasteiger charge is 2.20. The summed E-state index contributed by atoms with van der Waals surface area (Å²) in [6.07, 6.45) is -0.900. The van der Waals surface area contributed by atoms with Crippen molar-refractivity contribution >= 4 is 5.84 Å². The molecular weight excluding hydrogens is 131 g/mol. The highest BCUT2D eigenvalue weighted by molar-refractivity contribution is 5.87. The van der Waals surface area contributed by atoms with Crippen molar-refractivity contribution in [2.45, 2.75) is 20.0 Å². The zero-order valence-electron chi connectivity index (χ0n) is 6.39. The molecule has 0 radical (unpaired) electrons. The molecule has 0 bridgehead atoms. The minimum atomic E-state index is -0.900. The van der Waals surface area contributed by atoms with Gasteiger partial charge in [-0.3, -0.25) is 4.99 Å². The van der Waals surface area contributed by atoms with E-state index >= 15 is 0 Å². The number of hydrogen-bond acceptors (Lipinski definition) is 2. The summed E-state index contributed by atoms with van der Waals surface area (Å²) in [5.41, 5.74) is 0. The van der Waals surface area contributed by atoms with Gasteiger partial charge in [0, 0.05) is 6.54 Å². The molecule has 0 aromatic heterocycles. The van der Waals surface area contributed by atoms with Gasteiger partial charge in [0.2, 0.25) is 0 Å². The van der Waals surface area contributed by atoms with Crippen LogP contribution < -0.4 is 5.32 Å². The number of amidine groups is 1. The van der Waals surface area contributed by atoms with E-state index in [1.807, 2.05) is 13.8 Å². The van der Waals surface area contributed by atoms with E-state index in [0.717, 1.165) is 13.1 Å². The van der Waals surface area contributed by atoms with Crippen LogP contribution in [-0.4, -0.2) is 25.1 Å². The van der Waals surface area contributed by atoms with Crippen LogP contribution in [-0.2, 0) is 0 Å². The van der Waals surface area contributed by atoms with Gasteiger partial charge >= 0.3 is 0 Å². The number of nitrogens with zero attached hydrogens (tertiary/aromatic N) is 1. The van der Waals surface area contributed by atoms with Gasteiger partial charge in [0.25, 0.3) is 0 Å². The highest BCUT2D eigenvalue weighted by Crippen LogP contribution is 2.08. The summed E-state index contributed by atoms with van der Waals surface area (Å²) in [4.78, 5) is 3.99. The number of rotatable bonds is 2. The van der Waals surface area contributed by atoms with E-state index < -0.39 is 6.17 Å². The lowest BCUT2D eigenvalue weighted by atomic mass is 10.1. The Morgan fingerprint density at radius 2 is 2.30 bits per heavy atom. The molecule has 1 atom stereocenters. The van der Waals surface area contributed by atoms with Crippen LogP contribution in [0, 0.1) is 5.92 Å². The molecule has 1 aliphatic heterocycles. The Bertz CT molecular complexity index is 143. The summed E-state index contributed by atoms with van der Waals surface area (Å²) in [5, 5.41) is 2.91. The molecule has 1 rings (SSSR count). The third kappa shape index (κ3) is 1.46. The van der Waals surface area contributed by atoms with E-state index in [0.29, 0.717) is 5.84 Å². The Kier molecular flexibility index (Phi) is 2.25. The zero-order chi connectivity index (χ0) is 7.56. The summed E-state index contributed by atoms with van der Waals surface area (Å²) >= 11 is 0. The van der Waals surface area contributed by atoms with Crippen molar-refractivity contribution in [2.75, 3.05) is 13.1 Å². The summed E-state index contributed by atoms with van der Waals surface area (Å²) < 4.78 is 13.0. The van der Waals surface area contributed by atoms with E-state index in [1.165, 1.54) is 0 Å². The molecule has 0 saturated heterocycles. The van der Waals surface area contributed by atoms with Crippen LogP contribution in [0.2, 0.25) is 0 Å². The van der Waals surface area contributed by atoms with E-state index in [1.54, 1.807) is 0 Å². The average molecular weight is 144 g/mol. The molecule has 0 aliphatic carbocycles. The summed E-state index contributed by atoms with van der Waals surface area (Å²) in [5.74, 6) is 0.569. The van der Waals surface area contributed by atoms with Crippen molar-refractivity contribution in [3.8, 4) is 0 Å². The van der Waals surface area contributed by atoms with Crippen molar-refractivity contribution in [1.29, 1.82) is 0 Å². The molecule has 0 aromatic rings. The molecule has 1 N–H and O–H groups in total. The number of hydrogen-bond donors (Lipinski definition) is 1. The molecule has 3 heteroatoms. The molecule has 0 fully saturated rings. The van der Waals surface area contributed by atoms with Gasteiger partial charge in [-0.05, 0) is 5.92 Å². The lowest BCUT2D eigenvalue weighted by Gasteiger charge is -2.11. The lowest BCUT2D eigenvalue weighted by Crippen LogP contribution is -2.31. The van der Waals surface area contributed by atoms with Gasteiger partial charge in [-0.25, -0.2) is 4.39 Å². The van der Waals surface area contributed by atoms with Crippen LogP contribution in [0.5, 0.6) is 0 Å². The summed E-state index contributed by atoms with van der Waals surface area (Å²) in [6, 6.07) is 0. The summed E-state index contributed by atoms with van der Waals surface area (Å²) in [7, 11) is 0. The lowest BCUT2D eigenvalue weighted by molar-refractivity contribution is 0.331. The third-order valence-electron chi connectivity index (χ3n) is 1.55. The van der Waals surface area contributed by atoms with Crippen molar-refractivity contribution in [2.24, 2.45) is 10.9 Å². The predicted octanol–water partition coefficient (Wildman–Crippen LogP) is 0.982. The molecule has 0 spiro atoms. The zero-order valence-corrected chi connectivity index (χ0v) is 6.39. The Balaban J connectivity index is 2.47. The number of aliphatic imine (C=N–C) groups is 1. The molecule has 0 amide bonds. The molecule has 58 valence electrons. The van der Waals surface area contributed by atoms with Crippen LogP contribution in [0.25, 0.3) is 0 Å². The maximum atomic E-state index is 13.0. The van der Waals surface area contributed by atoms with Gasteiger partial charge in [-0.15, -0.1) is 0 Å². The molecule has 1 heterocycles. The van der Waals surface area contributed by atoms with Crippen LogP contribution in [0.1, 0.15) is 13.8 Å². The molecule has 1 unspecified atom stereocenters. The SMILES string of the molecule is CC(C)C(F)C1=NCCN1. The van der Waals surface area contributed by atoms with Gasteiger partial charge in [0.15, 0.2) is 6.17 Å². The quantitative estimate of drug-likeness (QED) is 0.614. The normalized spacial score (nSPS) is 20.6. The minimum Gasteiger partial charge on any atom is -0.370 e. The Labute approximate surface area is 60.5 Å². The second-order valence-corrected chi connectivity index (χ2v) is 2.84. The van der Waals surface area contributed by atoms with Gasteiger partial charge in [-0.2, -0.15) is 0 Å². The number of alkyl halides is 1. The number of nitrogens with one attached hydrogen (secondary N) is 1. The number of halogens is 1. The van der Waals surface area contributed by atoms with E-state index in [9.17, 15) is 4.39 Å². The van der Waals surface area contributed by atoms with E-state index in [2.05, 4.69) is 10.3 Å². The summed E-state index contributed by atoms with van der Waals surface area (Å²) in [6.45, 7) is 5.23. The van der Waals surface area contributed by atoms with Gasteiger partial charge in [0.05, 0.1) is 6.54 Å². The molecule has 1 aliphatic rings. The Hall–Kier alpha value is -0.600. The van der Waals surface area contributed by atoms with E-state index in [-0.39, 0.29) is 5.92 Å². The second kappa shape index (κ2) is 2.99. The molecule has 2 nitrogen and oxygen atoms in total. The molecule has 0 saturated carbocycles. The van der Waals surface area contributed by atoms with Crippen molar-refractivity contribution < 1.29 is 4.39 Å². The maximum Gasteiger partial charge on any atom is 0.159 e. The highest BCUT2D eigenvalue weighted by atomic mass is 19.1. The first-order valence-corrected chi connectivity index (χ1v) is 3.64. The van der Waals surface area contributed by atoms with Crippen molar-refractivity contribution in [1.82, 2.24) is 5.32 Å². The van der Waals surface area contributed by atoms with Gasteiger partial charge in [0.1, 0.15) is 5.84 Å². The second-order valence-electron chi connectivity index (χ2n) is 2.84. The largest absolute Gasteiger partial charge is 0.370 e. The molecular formula is C7H13FN2. The average Bonchev–Trinajstić information content (AvgIpc) is 2.36. The van der Waals surface area contributed by atoms with Crippen LogP contribution in [0.4, 0.5) is 4.39 Å². The smallest absolute Gasteiger partial charge is 0.159 e. The van der Waals surface area contributed by atoms with Gasteiger partial charge in [-0.1, -0.05) is 13.8 Å². The maximum absolute atomic E-state index is 13.0. The van der Waals surface area contributed by atoms with Crippen LogP contribution >= 0.6 is 0 Å².